The second-order valence-corrected chi connectivity index (χ2v) is 6.41. The lowest BCUT2D eigenvalue weighted by Gasteiger charge is -2.08. The lowest BCUT2D eigenvalue weighted by atomic mass is 10.2. The Morgan fingerprint density at radius 3 is 2.88 bits per heavy atom. The molecule has 26 heavy (non-hydrogen) atoms. The molecule has 1 aliphatic carbocycles. The molecule has 0 aliphatic heterocycles. The maximum absolute atomic E-state index is 12.2. The lowest BCUT2D eigenvalue weighted by molar-refractivity contribution is 0.0523. The van der Waals surface area contributed by atoms with Crippen LogP contribution in [0.3, 0.4) is 0 Å². The summed E-state index contributed by atoms with van der Waals surface area (Å²) in [6, 6.07) is 5.41. The molecule has 2 aromatic heterocycles. The Balaban J connectivity index is 1.76. The summed E-state index contributed by atoms with van der Waals surface area (Å²) in [6.45, 7) is 2.73. The van der Waals surface area contributed by atoms with E-state index in [-0.39, 0.29) is 12.2 Å². The lowest BCUT2D eigenvalue weighted by Crippen LogP contribution is -2.33. The number of rotatable bonds is 5. The maximum atomic E-state index is 12.2. The van der Waals surface area contributed by atoms with E-state index in [1.807, 2.05) is 6.07 Å². The molecule has 8 heteroatoms. The van der Waals surface area contributed by atoms with Gasteiger partial charge in [-0.05, 0) is 43.9 Å². The smallest absolute Gasteiger partial charge is 0.345 e. The summed E-state index contributed by atoms with van der Waals surface area (Å²) in [5.74, 6) is -0.0432. The Kier molecular flexibility index (Phi) is 3.95. The first-order valence-electron chi connectivity index (χ1n) is 8.55. The van der Waals surface area contributed by atoms with Gasteiger partial charge in [-0.25, -0.2) is 14.6 Å². The van der Waals surface area contributed by atoms with Gasteiger partial charge < -0.3 is 9.30 Å². The highest BCUT2D eigenvalue weighted by atomic mass is 16.5. The predicted molar refractivity (Wildman–Crippen MR) is 94.6 cm³/mol. The first-order valence-corrected chi connectivity index (χ1v) is 8.55. The van der Waals surface area contributed by atoms with Crippen LogP contribution in [0.1, 0.15) is 30.1 Å². The molecule has 1 N–H and O–H groups in total. The number of ether oxygens (including phenoxy) is 1. The van der Waals surface area contributed by atoms with E-state index in [0.717, 1.165) is 23.5 Å². The minimum absolute atomic E-state index is 0.141. The van der Waals surface area contributed by atoms with Crippen LogP contribution in [0.2, 0.25) is 0 Å². The first-order chi connectivity index (χ1) is 12.6. The van der Waals surface area contributed by atoms with Crippen molar-refractivity contribution in [3.05, 3.63) is 57.1 Å². The van der Waals surface area contributed by atoms with Crippen LogP contribution in [-0.2, 0) is 11.3 Å². The number of H-pyrrole nitrogens is 1. The van der Waals surface area contributed by atoms with Crippen LogP contribution in [0.15, 0.2) is 40.3 Å². The summed E-state index contributed by atoms with van der Waals surface area (Å²) in [6.07, 6.45) is 5.51. The third-order valence-electron chi connectivity index (χ3n) is 4.47. The van der Waals surface area contributed by atoms with Crippen LogP contribution in [0.4, 0.5) is 0 Å². The van der Waals surface area contributed by atoms with Gasteiger partial charge in [-0.2, -0.15) is 0 Å². The quantitative estimate of drug-likeness (QED) is 0.700. The SMILES string of the molecule is CCOC(=O)c1cn(-c2ccc3c(c2)ncn3CC2CC2)c(=O)[nH]c1=O. The number of nitrogens with zero attached hydrogens (tertiary/aromatic N) is 3. The number of carbonyl (C=O) groups is 1. The summed E-state index contributed by atoms with van der Waals surface area (Å²) < 4.78 is 8.19. The molecular weight excluding hydrogens is 336 g/mol. The summed E-state index contributed by atoms with van der Waals surface area (Å²) >= 11 is 0. The number of hydrogen-bond acceptors (Lipinski definition) is 5. The summed E-state index contributed by atoms with van der Waals surface area (Å²) in [5, 5.41) is 0. The fourth-order valence-corrected chi connectivity index (χ4v) is 2.94. The minimum Gasteiger partial charge on any atom is -0.462 e. The van der Waals surface area contributed by atoms with E-state index in [1.165, 1.54) is 23.6 Å². The van der Waals surface area contributed by atoms with Gasteiger partial charge in [0, 0.05) is 12.7 Å². The molecule has 1 fully saturated rings. The van der Waals surface area contributed by atoms with Gasteiger partial charge in [-0.3, -0.25) is 14.3 Å². The highest BCUT2D eigenvalue weighted by Crippen LogP contribution is 2.31. The molecule has 0 unspecified atom stereocenters. The van der Waals surface area contributed by atoms with Crippen LogP contribution in [0, 0.1) is 5.92 Å². The van der Waals surface area contributed by atoms with Gasteiger partial charge in [-0.1, -0.05) is 0 Å². The number of benzene rings is 1. The molecule has 0 amide bonds. The largest absolute Gasteiger partial charge is 0.462 e. The third-order valence-corrected chi connectivity index (χ3v) is 4.47. The zero-order valence-electron chi connectivity index (χ0n) is 14.3. The molecule has 0 saturated heterocycles. The normalized spacial score (nSPS) is 13.9. The van der Waals surface area contributed by atoms with Gasteiger partial charge in [0.2, 0.25) is 0 Å². The Bertz CT molecular complexity index is 1100. The fraction of sp³-hybridized carbons (Fsp3) is 0.333. The topological polar surface area (TPSA) is 99.0 Å². The van der Waals surface area contributed by atoms with Crippen molar-refractivity contribution < 1.29 is 9.53 Å². The molecule has 3 aromatic rings. The maximum Gasteiger partial charge on any atom is 0.345 e. The number of aromatic amines is 1. The van der Waals surface area contributed by atoms with Crippen LogP contribution in [0.25, 0.3) is 16.7 Å². The van der Waals surface area contributed by atoms with E-state index < -0.39 is 17.2 Å². The molecule has 0 atom stereocenters. The second kappa shape index (κ2) is 6.29. The molecule has 8 nitrogen and oxygen atoms in total. The van der Waals surface area contributed by atoms with Crippen molar-refractivity contribution in [2.75, 3.05) is 6.61 Å². The van der Waals surface area contributed by atoms with E-state index in [9.17, 15) is 14.4 Å². The Labute approximate surface area is 148 Å². The van der Waals surface area contributed by atoms with Crippen LogP contribution in [0.5, 0.6) is 0 Å². The highest BCUT2D eigenvalue weighted by molar-refractivity contribution is 5.88. The van der Waals surface area contributed by atoms with Gasteiger partial charge in [0.15, 0.2) is 0 Å². The van der Waals surface area contributed by atoms with Gasteiger partial charge in [0.25, 0.3) is 5.56 Å². The minimum atomic E-state index is -0.766. The van der Waals surface area contributed by atoms with Crippen molar-refractivity contribution >= 4 is 17.0 Å². The standard InChI is InChI=1S/C18H18N4O4/c1-2-26-17(24)13-9-22(18(25)20-16(13)23)12-5-6-15-14(7-12)19-10-21(15)8-11-3-4-11/h5-7,9-11H,2-4,8H2,1H3,(H,20,23,25). The van der Waals surface area contributed by atoms with E-state index in [1.54, 1.807) is 25.4 Å². The van der Waals surface area contributed by atoms with Crippen molar-refractivity contribution in [3.8, 4) is 5.69 Å². The molecule has 2 heterocycles. The van der Waals surface area contributed by atoms with Gasteiger partial charge >= 0.3 is 11.7 Å². The van der Waals surface area contributed by atoms with E-state index in [4.69, 9.17) is 4.74 Å². The van der Waals surface area contributed by atoms with Crippen molar-refractivity contribution in [2.45, 2.75) is 26.3 Å². The van der Waals surface area contributed by atoms with Gasteiger partial charge in [0.05, 0.1) is 29.7 Å². The van der Waals surface area contributed by atoms with E-state index >= 15 is 0 Å². The van der Waals surface area contributed by atoms with Gasteiger partial charge in [0.1, 0.15) is 5.56 Å². The molecule has 0 bridgehead atoms. The molecule has 1 saturated carbocycles. The third kappa shape index (κ3) is 2.94. The molecular formula is C18H18N4O4. The number of imidazole rings is 1. The number of hydrogen-bond donors (Lipinski definition) is 1. The number of nitrogens with one attached hydrogen (secondary N) is 1. The van der Waals surface area contributed by atoms with Crippen molar-refractivity contribution in [1.29, 1.82) is 0 Å². The van der Waals surface area contributed by atoms with Gasteiger partial charge in [-0.15, -0.1) is 0 Å². The number of aromatic nitrogens is 4. The zero-order chi connectivity index (χ0) is 18.3. The van der Waals surface area contributed by atoms with E-state index in [2.05, 4.69) is 14.5 Å². The molecule has 0 radical (unpaired) electrons. The molecule has 1 aromatic carbocycles. The zero-order valence-corrected chi connectivity index (χ0v) is 14.3. The second-order valence-electron chi connectivity index (χ2n) is 6.41. The number of esters is 1. The Morgan fingerprint density at radius 2 is 2.15 bits per heavy atom. The monoisotopic (exact) mass is 354 g/mol. The molecule has 0 spiro atoms. The Hall–Kier alpha value is -3.16. The predicted octanol–water partition coefficient (Wildman–Crippen LogP) is 1.46. The fourth-order valence-electron chi connectivity index (χ4n) is 2.94. The summed E-state index contributed by atoms with van der Waals surface area (Å²) in [5.41, 5.74) is 0.647. The van der Waals surface area contributed by atoms with Crippen LogP contribution >= 0.6 is 0 Å². The highest BCUT2D eigenvalue weighted by Gasteiger charge is 2.22. The molecule has 4 rings (SSSR count). The average Bonchev–Trinajstić information content (AvgIpc) is 3.34. The average molecular weight is 354 g/mol. The molecule has 134 valence electrons. The first kappa shape index (κ1) is 16.3. The van der Waals surface area contributed by atoms with Crippen LogP contribution < -0.4 is 11.2 Å². The van der Waals surface area contributed by atoms with E-state index in [0.29, 0.717) is 5.69 Å². The number of fused-ring (bicyclic) bond motifs is 1. The van der Waals surface area contributed by atoms with Crippen LogP contribution in [-0.4, -0.2) is 31.7 Å². The number of carbonyl (C=O) groups excluding carboxylic acids is 1. The summed E-state index contributed by atoms with van der Waals surface area (Å²) in [7, 11) is 0. The van der Waals surface area contributed by atoms with Crippen molar-refractivity contribution in [3.63, 3.8) is 0 Å². The molecule has 1 aliphatic rings. The van der Waals surface area contributed by atoms with Crippen molar-refractivity contribution in [1.82, 2.24) is 19.1 Å². The van der Waals surface area contributed by atoms with Crippen molar-refractivity contribution in [2.24, 2.45) is 5.92 Å². The summed E-state index contributed by atoms with van der Waals surface area (Å²) in [4.78, 5) is 42.6. The Morgan fingerprint density at radius 1 is 1.35 bits per heavy atom.